The smallest absolute Gasteiger partial charge is 0.416 e. The minimum Gasteiger partial charge on any atom is -0.478 e. The number of nitrogens with zero attached hydrogens (tertiary/aromatic N) is 1. The topological polar surface area (TPSA) is 88.5 Å². The molecule has 4 rings (SSSR count). The molecule has 0 aliphatic rings. The monoisotopic (exact) mass is 630 g/mol. The summed E-state index contributed by atoms with van der Waals surface area (Å²) in [6.07, 6.45) is -4.48. The summed E-state index contributed by atoms with van der Waals surface area (Å²) in [7, 11) is 0. The zero-order valence-corrected chi connectivity index (χ0v) is 24.9. The Morgan fingerprint density at radius 3 is 2.16 bits per heavy atom. The maximum atomic E-state index is 13.2. The summed E-state index contributed by atoms with van der Waals surface area (Å²) < 4.78 is 45.6. The highest BCUT2D eigenvalue weighted by atomic mass is 35.5. The number of ether oxygens (including phenoxy) is 1. The number of aryl methyl sites for hydroxylation is 1. The molecule has 0 spiro atoms. The second-order valence-corrected chi connectivity index (χ2v) is 11.2. The van der Waals surface area contributed by atoms with E-state index < -0.39 is 23.3 Å². The second-order valence-electron chi connectivity index (χ2n) is 10.3. The summed E-state index contributed by atoms with van der Waals surface area (Å²) in [5.74, 6) is -1.42. The molecule has 6 nitrogen and oxygen atoms in total. The van der Waals surface area contributed by atoms with Gasteiger partial charge in [0.05, 0.1) is 23.4 Å². The molecule has 0 bridgehead atoms. The van der Waals surface area contributed by atoms with Crippen LogP contribution in [0.25, 0.3) is 22.4 Å². The SMILES string of the molecule is Cc1nc(-c2ccc(C(F)(F)F)cc2)c(-c2ccc(Cl)cc2Cl)cc1COC(C)(C)C(=O)NCc1ccc(C(=O)O)cc1. The van der Waals surface area contributed by atoms with Crippen molar-refractivity contribution in [3.8, 4) is 22.4 Å². The Morgan fingerprint density at radius 1 is 0.930 bits per heavy atom. The third-order valence-corrected chi connectivity index (χ3v) is 7.36. The van der Waals surface area contributed by atoms with Crippen LogP contribution in [0.4, 0.5) is 13.2 Å². The number of amides is 1. The molecule has 43 heavy (non-hydrogen) atoms. The molecule has 1 amide bonds. The third-order valence-electron chi connectivity index (χ3n) is 6.81. The molecule has 0 unspecified atom stereocenters. The van der Waals surface area contributed by atoms with Gasteiger partial charge >= 0.3 is 12.1 Å². The lowest BCUT2D eigenvalue weighted by Gasteiger charge is -2.25. The van der Waals surface area contributed by atoms with Gasteiger partial charge < -0.3 is 15.2 Å². The number of hydrogen-bond acceptors (Lipinski definition) is 4. The van der Waals surface area contributed by atoms with E-state index in [4.69, 9.17) is 38.0 Å². The quantitative estimate of drug-likeness (QED) is 0.194. The van der Waals surface area contributed by atoms with Gasteiger partial charge in [-0.15, -0.1) is 0 Å². The molecule has 2 N–H and O–H groups in total. The number of rotatable bonds is 9. The predicted octanol–water partition coefficient (Wildman–Crippen LogP) is 8.36. The van der Waals surface area contributed by atoms with E-state index in [9.17, 15) is 22.8 Å². The van der Waals surface area contributed by atoms with Crippen LogP contribution in [0, 0.1) is 6.92 Å². The van der Waals surface area contributed by atoms with Crippen LogP contribution in [0.5, 0.6) is 0 Å². The first-order chi connectivity index (χ1) is 20.2. The fourth-order valence-corrected chi connectivity index (χ4v) is 4.74. The molecule has 1 heterocycles. The number of alkyl halides is 3. The molecule has 0 atom stereocenters. The maximum Gasteiger partial charge on any atom is 0.416 e. The van der Waals surface area contributed by atoms with Gasteiger partial charge in [0, 0.05) is 39.0 Å². The molecule has 0 fully saturated rings. The molecule has 0 radical (unpaired) electrons. The highest BCUT2D eigenvalue weighted by Crippen LogP contribution is 2.39. The van der Waals surface area contributed by atoms with E-state index in [1.807, 2.05) is 0 Å². The van der Waals surface area contributed by atoms with E-state index in [0.717, 1.165) is 17.7 Å². The highest BCUT2D eigenvalue weighted by Gasteiger charge is 2.31. The summed E-state index contributed by atoms with van der Waals surface area (Å²) in [6, 6.07) is 17.6. The number of carbonyl (C=O) groups excluding carboxylic acids is 1. The van der Waals surface area contributed by atoms with Gasteiger partial charge in [0.25, 0.3) is 5.91 Å². The van der Waals surface area contributed by atoms with Gasteiger partial charge in [-0.2, -0.15) is 13.2 Å². The maximum absolute atomic E-state index is 13.2. The van der Waals surface area contributed by atoms with Crippen LogP contribution in [0.1, 0.15) is 46.6 Å². The van der Waals surface area contributed by atoms with Crippen molar-refractivity contribution in [3.05, 3.63) is 111 Å². The van der Waals surface area contributed by atoms with E-state index in [1.165, 1.54) is 24.3 Å². The van der Waals surface area contributed by atoms with Crippen molar-refractivity contribution in [2.75, 3.05) is 0 Å². The van der Waals surface area contributed by atoms with Crippen molar-refractivity contribution in [2.45, 2.75) is 45.7 Å². The first-order valence-electron chi connectivity index (χ1n) is 13.0. The molecular weight excluding hydrogens is 604 g/mol. The van der Waals surface area contributed by atoms with E-state index in [1.54, 1.807) is 57.2 Å². The molecule has 1 aromatic heterocycles. The lowest BCUT2D eigenvalue weighted by molar-refractivity contribution is -0.144. The van der Waals surface area contributed by atoms with Gasteiger partial charge in [-0.05, 0) is 74.4 Å². The zero-order valence-electron chi connectivity index (χ0n) is 23.4. The van der Waals surface area contributed by atoms with Gasteiger partial charge in [0.2, 0.25) is 0 Å². The highest BCUT2D eigenvalue weighted by molar-refractivity contribution is 6.36. The number of aromatic nitrogens is 1. The number of nitrogens with one attached hydrogen (secondary N) is 1. The number of carboxylic acid groups (broad SMARTS) is 1. The first-order valence-corrected chi connectivity index (χ1v) is 13.8. The lowest BCUT2D eigenvalue weighted by Crippen LogP contribution is -2.43. The number of benzene rings is 3. The Kier molecular flexibility index (Phi) is 9.49. The number of aromatic carboxylic acids is 1. The van der Waals surface area contributed by atoms with Crippen molar-refractivity contribution < 1.29 is 32.6 Å². The largest absolute Gasteiger partial charge is 0.478 e. The van der Waals surface area contributed by atoms with E-state index >= 15 is 0 Å². The number of pyridine rings is 1. The Labute approximate surface area is 256 Å². The predicted molar refractivity (Wildman–Crippen MR) is 159 cm³/mol. The van der Waals surface area contributed by atoms with Crippen LogP contribution in [-0.4, -0.2) is 27.6 Å². The van der Waals surface area contributed by atoms with Gasteiger partial charge in [-0.3, -0.25) is 9.78 Å². The standard InChI is InChI=1S/C32H27Cl2F3N2O4/c1-18-22(17-43-31(2,3)30(42)38-16-19-4-6-21(7-5-19)29(40)41)14-26(25-13-12-24(33)15-27(25)34)28(39-18)20-8-10-23(11-9-20)32(35,36)37/h4-15H,16-17H2,1-3H3,(H,38,42)(H,40,41). The fraction of sp³-hybridized carbons (Fsp3) is 0.219. The van der Waals surface area contributed by atoms with E-state index in [-0.39, 0.29) is 24.6 Å². The van der Waals surface area contributed by atoms with Gasteiger partial charge in [-0.1, -0.05) is 53.5 Å². The average Bonchev–Trinajstić information content (AvgIpc) is 2.95. The van der Waals surface area contributed by atoms with Crippen LogP contribution in [0.3, 0.4) is 0 Å². The Balaban J connectivity index is 1.59. The van der Waals surface area contributed by atoms with Gasteiger partial charge in [0.15, 0.2) is 0 Å². The molecule has 3 aromatic carbocycles. The van der Waals surface area contributed by atoms with Crippen LogP contribution in [0.2, 0.25) is 10.0 Å². The van der Waals surface area contributed by atoms with Gasteiger partial charge in [0.1, 0.15) is 5.60 Å². The minimum atomic E-state index is -4.48. The third kappa shape index (κ3) is 7.73. The molecule has 0 aliphatic heterocycles. The van der Waals surface area contributed by atoms with Gasteiger partial charge in [-0.25, -0.2) is 4.79 Å². The molecular formula is C32H27Cl2F3N2O4. The Hall–Kier alpha value is -3.92. The van der Waals surface area contributed by atoms with Crippen molar-refractivity contribution in [1.29, 1.82) is 0 Å². The van der Waals surface area contributed by atoms with Crippen molar-refractivity contribution in [2.24, 2.45) is 0 Å². The summed E-state index contributed by atoms with van der Waals surface area (Å²) in [5, 5.41) is 12.6. The summed E-state index contributed by atoms with van der Waals surface area (Å²) >= 11 is 12.6. The second kappa shape index (κ2) is 12.8. The number of carbonyl (C=O) groups is 2. The summed E-state index contributed by atoms with van der Waals surface area (Å²) in [6.45, 7) is 5.15. The average molecular weight is 631 g/mol. The zero-order chi connectivity index (χ0) is 31.5. The Morgan fingerprint density at radius 2 is 1.58 bits per heavy atom. The lowest BCUT2D eigenvalue weighted by atomic mass is 9.96. The van der Waals surface area contributed by atoms with Crippen molar-refractivity contribution in [1.82, 2.24) is 10.3 Å². The van der Waals surface area contributed by atoms with Crippen LogP contribution in [0.15, 0.2) is 72.8 Å². The molecule has 0 saturated heterocycles. The molecule has 0 saturated carbocycles. The normalized spacial score (nSPS) is 11.8. The van der Waals surface area contributed by atoms with Crippen LogP contribution >= 0.6 is 23.2 Å². The van der Waals surface area contributed by atoms with Crippen LogP contribution in [-0.2, 0) is 28.9 Å². The van der Waals surface area contributed by atoms with Crippen molar-refractivity contribution >= 4 is 35.1 Å². The molecule has 0 aliphatic carbocycles. The van der Waals surface area contributed by atoms with E-state index in [0.29, 0.717) is 43.7 Å². The van der Waals surface area contributed by atoms with Crippen molar-refractivity contribution in [3.63, 3.8) is 0 Å². The summed E-state index contributed by atoms with van der Waals surface area (Å²) in [4.78, 5) is 28.7. The fourth-order valence-electron chi connectivity index (χ4n) is 4.23. The van der Waals surface area contributed by atoms with E-state index in [2.05, 4.69) is 5.32 Å². The molecule has 11 heteroatoms. The van der Waals surface area contributed by atoms with Crippen LogP contribution < -0.4 is 5.32 Å². The number of halogens is 5. The summed E-state index contributed by atoms with van der Waals surface area (Å²) in [5.41, 5.74) is 2.03. The number of carboxylic acids is 1. The first kappa shape index (κ1) is 32.0. The Bertz CT molecular complexity index is 1660. The molecule has 224 valence electrons. The molecule has 4 aromatic rings. The number of hydrogen-bond donors (Lipinski definition) is 2. The minimum absolute atomic E-state index is 0.00192.